The number of halogens is 1. The number of hydrogen-bond donors (Lipinski definition) is 2. The number of nitrogens with one attached hydrogen (secondary N) is 1. The number of anilines is 1. The molecule has 2 bridgehead atoms. The Bertz CT molecular complexity index is 1550. The Balaban J connectivity index is 1.45. The fraction of sp³-hybridized carbons (Fsp3) is 0.611. The lowest BCUT2D eigenvalue weighted by atomic mass is 9.61. The van der Waals surface area contributed by atoms with Crippen molar-refractivity contribution in [2.24, 2.45) is 17.8 Å². The standard InChI is InChI=1S/C36H49ClN2O5S/c1-23-8-6-17-36(43-4,25(3)40)31-13-10-28(31)20-39-21-35(16-7-9-26-18-29(37)12-14-30(26)35)22-44-33-15-11-27(19-32(33)39)34(41)38-45(5,42)24(23)2/h11-12,14-15,18-19,23-25,28,31,40H,5-10,13,16-17,20-22H2,1-4H3,(H,38,41,42)/t23-,24+,25+,28-,31+,35-,36+,45?/m0/s1. The molecule has 45 heavy (non-hydrogen) atoms. The van der Waals surface area contributed by atoms with Crippen LogP contribution in [0.25, 0.3) is 0 Å². The highest BCUT2D eigenvalue weighted by Crippen LogP contribution is 2.50. The van der Waals surface area contributed by atoms with Crippen molar-refractivity contribution in [3.63, 3.8) is 0 Å². The van der Waals surface area contributed by atoms with Gasteiger partial charge in [0.1, 0.15) is 5.75 Å². The third kappa shape index (κ3) is 5.90. The molecule has 1 spiro atoms. The molecule has 1 amide bonds. The molecule has 1 saturated carbocycles. The zero-order valence-electron chi connectivity index (χ0n) is 27.1. The van der Waals surface area contributed by atoms with Crippen LogP contribution >= 0.6 is 11.6 Å². The summed E-state index contributed by atoms with van der Waals surface area (Å²) in [7, 11) is -1.19. The minimum absolute atomic E-state index is 0.0596. The van der Waals surface area contributed by atoms with Gasteiger partial charge in [0.25, 0.3) is 5.91 Å². The van der Waals surface area contributed by atoms with Crippen molar-refractivity contribution in [1.29, 1.82) is 0 Å². The Morgan fingerprint density at radius 1 is 1.16 bits per heavy atom. The van der Waals surface area contributed by atoms with Crippen LogP contribution < -0.4 is 14.4 Å². The van der Waals surface area contributed by atoms with Gasteiger partial charge in [-0.25, -0.2) is 4.21 Å². The van der Waals surface area contributed by atoms with E-state index in [9.17, 15) is 14.1 Å². The first-order chi connectivity index (χ1) is 21.4. The maximum Gasteiger partial charge on any atom is 0.262 e. The predicted molar refractivity (Wildman–Crippen MR) is 183 cm³/mol. The van der Waals surface area contributed by atoms with Crippen molar-refractivity contribution in [3.8, 4) is 5.75 Å². The summed E-state index contributed by atoms with van der Waals surface area (Å²) in [6.45, 7) is 7.86. The molecule has 2 aliphatic carbocycles. The Kier molecular flexibility index (Phi) is 9.00. The Morgan fingerprint density at radius 2 is 1.96 bits per heavy atom. The van der Waals surface area contributed by atoms with Crippen LogP contribution in [0.1, 0.15) is 87.2 Å². The van der Waals surface area contributed by atoms with Gasteiger partial charge in [-0.2, -0.15) is 0 Å². The predicted octanol–water partition coefficient (Wildman–Crippen LogP) is 6.18. The molecule has 2 heterocycles. The number of amides is 1. The molecule has 2 N–H and O–H groups in total. The lowest BCUT2D eigenvalue weighted by Crippen LogP contribution is -2.58. The van der Waals surface area contributed by atoms with Gasteiger partial charge in [-0.3, -0.25) is 9.52 Å². The number of carbonyl (C=O) groups is 1. The van der Waals surface area contributed by atoms with Crippen molar-refractivity contribution in [2.75, 3.05) is 31.7 Å². The van der Waals surface area contributed by atoms with Crippen molar-refractivity contribution < 1.29 is 23.6 Å². The second-order valence-corrected chi connectivity index (χ2v) is 17.1. The van der Waals surface area contributed by atoms with Crippen molar-refractivity contribution in [1.82, 2.24) is 4.72 Å². The van der Waals surface area contributed by atoms with Crippen molar-refractivity contribution >= 4 is 38.8 Å². The van der Waals surface area contributed by atoms with Gasteiger partial charge in [-0.05, 0) is 124 Å². The molecule has 9 heteroatoms. The molecule has 7 nitrogen and oxygen atoms in total. The van der Waals surface area contributed by atoms with E-state index in [1.54, 1.807) is 13.2 Å². The number of methoxy groups -OCH3 is 1. The number of benzene rings is 2. The van der Waals surface area contributed by atoms with Crippen LogP contribution in [0.5, 0.6) is 5.75 Å². The van der Waals surface area contributed by atoms with E-state index in [4.69, 9.17) is 21.1 Å². The van der Waals surface area contributed by atoms with Gasteiger partial charge in [0.15, 0.2) is 0 Å². The zero-order valence-corrected chi connectivity index (χ0v) is 28.7. The zero-order chi connectivity index (χ0) is 32.1. The highest BCUT2D eigenvalue weighted by molar-refractivity contribution is 7.99. The van der Waals surface area contributed by atoms with Crippen LogP contribution in [0, 0.1) is 17.8 Å². The van der Waals surface area contributed by atoms with Crippen molar-refractivity contribution in [2.45, 2.75) is 94.5 Å². The van der Waals surface area contributed by atoms with Gasteiger partial charge >= 0.3 is 0 Å². The molecule has 8 atom stereocenters. The van der Waals surface area contributed by atoms with Gasteiger partial charge in [-0.1, -0.05) is 31.0 Å². The summed E-state index contributed by atoms with van der Waals surface area (Å²) in [6.07, 6.45) is 6.77. The van der Waals surface area contributed by atoms with Crippen LogP contribution in [0.2, 0.25) is 5.02 Å². The fourth-order valence-corrected chi connectivity index (χ4v) is 10.4. The van der Waals surface area contributed by atoms with Crippen LogP contribution in [0.15, 0.2) is 36.4 Å². The number of aliphatic hydroxyl groups excluding tert-OH is 1. The summed E-state index contributed by atoms with van der Waals surface area (Å²) in [4.78, 5) is 16.0. The number of aryl methyl sites for hydroxylation is 1. The molecule has 6 rings (SSSR count). The molecule has 2 aromatic rings. The second-order valence-electron chi connectivity index (χ2n) is 14.3. The molecular formula is C36H49ClN2O5S. The topological polar surface area (TPSA) is 88.1 Å². The first-order valence-corrected chi connectivity index (χ1v) is 18.8. The fourth-order valence-electron chi connectivity index (χ4n) is 8.72. The largest absolute Gasteiger partial charge is 0.490 e. The van der Waals surface area contributed by atoms with Gasteiger partial charge in [0.05, 0.1) is 33.7 Å². The normalized spacial score (nSPS) is 36.0. The quantitative estimate of drug-likeness (QED) is 0.376. The number of nitrogens with zero attached hydrogens (tertiary/aromatic N) is 1. The monoisotopic (exact) mass is 656 g/mol. The van der Waals surface area contributed by atoms with E-state index in [0.29, 0.717) is 24.5 Å². The third-order valence-corrected chi connectivity index (χ3v) is 14.2. The van der Waals surface area contributed by atoms with E-state index >= 15 is 0 Å². The average molecular weight is 657 g/mol. The molecule has 246 valence electrons. The number of carbonyl (C=O) groups excluding carboxylic acids is 1. The summed E-state index contributed by atoms with van der Waals surface area (Å²) in [5.74, 6) is 4.92. The van der Waals surface area contributed by atoms with Crippen molar-refractivity contribution in [3.05, 3.63) is 58.1 Å². The van der Waals surface area contributed by atoms with Gasteiger partial charge in [0.2, 0.25) is 0 Å². The lowest BCUT2D eigenvalue weighted by molar-refractivity contribution is -0.172. The minimum Gasteiger partial charge on any atom is -0.490 e. The maximum absolute atomic E-state index is 13.8. The van der Waals surface area contributed by atoms with Crippen LogP contribution in [0.3, 0.4) is 0 Å². The number of rotatable bonds is 2. The molecule has 0 saturated heterocycles. The van der Waals surface area contributed by atoms with Gasteiger partial charge < -0.3 is 19.5 Å². The lowest BCUT2D eigenvalue weighted by Gasteiger charge is -2.53. The van der Waals surface area contributed by atoms with E-state index in [1.807, 2.05) is 32.0 Å². The Morgan fingerprint density at radius 3 is 2.67 bits per heavy atom. The minimum atomic E-state index is -2.93. The molecule has 4 aliphatic rings. The number of hydrogen-bond acceptors (Lipinski definition) is 6. The van der Waals surface area contributed by atoms with E-state index in [2.05, 4.69) is 34.5 Å². The van der Waals surface area contributed by atoms with E-state index in [0.717, 1.165) is 74.5 Å². The Labute approximate surface area is 274 Å². The number of aliphatic hydroxyl groups is 1. The highest BCUT2D eigenvalue weighted by Gasteiger charge is 2.52. The smallest absolute Gasteiger partial charge is 0.262 e. The molecule has 1 fully saturated rings. The summed E-state index contributed by atoms with van der Waals surface area (Å²) >= 11 is 6.44. The number of ether oxygens (including phenoxy) is 2. The van der Waals surface area contributed by atoms with E-state index < -0.39 is 21.4 Å². The SMILES string of the molecule is C=S1(=O)NC(=O)c2ccc3c(c2)N(C[C@@H]2CC[C@H]2[C@](OC)([C@@H](C)O)CCC[C@H](C)[C@H]1C)C[C@@]1(CCCc2cc(Cl)ccc21)CO3. The van der Waals surface area contributed by atoms with E-state index in [1.165, 1.54) is 11.1 Å². The molecular weight excluding hydrogens is 608 g/mol. The van der Waals surface area contributed by atoms with Crippen LogP contribution in [-0.2, 0) is 26.3 Å². The second kappa shape index (κ2) is 12.4. The summed E-state index contributed by atoms with van der Waals surface area (Å²) in [6, 6.07) is 11.8. The highest BCUT2D eigenvalue weighted by atomic mass is 35.5. The van der Waals surface area contributed by atoms with E-state index in [-0.39, 0.29) is 28.4 Å². The molecule has 2 aliphatic heterocycles. The maximum atomic E-state index is 13.8. The first kappa shape index (κ1) is 32.7. The molecule has 0 aromatic heterocycles. The molecule has 2 aromatic carbocycles. The summed E-state index contributed by atoms with van der Waals surface area (Å²) in [5.41, 5.74) is 2.97. The van der Waals surface area contributed by atoms with Gasteiger partial charge in [-0.15, -0.1) is 0 Å². The molecule has 0 radical (unpaired) electrons. The van der Waals surface area contributed by atoms with Crippen LogP contribution in [-0.4, -0.2) is 64.9 Å². The molecule has 1 unspecified atom stereocenters. The number of fused-ring (bicyclic) bond motifs is 4. The summed E-state index contributed by atoms with van der Waals surface area (Å²) in [5, 5.41) is 11.7. The summed E-state index contributed by atoms with van der Waals surface area (Å²) < 4.78 is 29.6. The van der Waals surface area contributed by atoms with Gasteiger partial charge in [0, 0.05) is 41.5 Å². The first-order valence-electron chi connectivity index (χ1n) is 16.6. The Hall–Kier alpha value is -2.26. The van der Waals surface area contributed by atoms with Crippen LogP contribution in [0.4, 0.5) is 5.69 Å². The third-order valence-electron chi connectivity index (χ3n) is 11.8. The average Bonchev–Trinajstić information content (AvgIpc) is 3.14.